The summed E-state index contributed by atoms with van der Waals surface area (Å²) in [5, 5.41) is 9.35. The van der Waals surface area contributed by atoms with Gasteiger partial charge in [-0.3, -0.25) is 9.40 Å². The molecule has 1 aromatic carbocycles. The van der Waals surface area contributed by atoms with E-state index < -0.39 is 38.7 Å². The summed E-state index contributed by atoms with van der Waals surface area (Å²) in [6.45, 7) is 4.31. The molecule has 2 aromatic heterocycles. The first-order chi connectivity index (χ1) is 17.6. The largest absolute Gasteiger partial charge is 0.453 e. The third-order valence-electron chi connectivity index (χ3n) is 5.56. The van der Waals surface area contributed by atoms with Crippen molar-refractivity contribution in [2.45, 2.75) is 38.0 Å². The molecule has 1 saturated carbocycles. The van der Waals surface area contributed by atoms with Gasteiger partial charge >= 0.3 is 6.09 Å². The molecule has 1 amide bonds. The monoisotopic (exact) mass is 535 g/mol. The average Bonchev–Trinajstić information content (AvgIpc) is 3.63. The highest BCUT2D eigenvalue weighted by Gasteiger charge is 2.36. The van der Waals surface area contributed by atoms with Crippen LogP contribution in [0.25, 0.3) is 22.5 Å². The van der Waals surface area contributed by atoms with Gasteiger partial charge in [0.25, 0.3) is 0 Å². The first kappa shape index (κ1) is 26.3. The number of benzene rings is 1. The van der Waals surface area contributed by atoms with Crippen molar-refractivity contribution >= 4 is 27.8 Å². The summed E-state index contributed by atoms with van der Waals surface area (Å²) >= 11 is 0. The van der Waals surface area contributed by atoms with Gasteiger partial charge in [-0.05, 0) is 38.8 Å². The molecule has 37 heavy (non-hydrogen) atoms. The number of carbonyl (C=O) groups is 1. The van der Waals surface area contributed by atoms with Crippen molar-refractivity contribution in [3.63, 3.8) is 0 Å². The second-order valence-electron chi connectivity index (χ2n) is 8.74. The van der Waals surface area contributed by atoms with E-state index in [1.54, 1.807) is 16.9 Å². The molecule has 0 atom stereocenters. The van der Waals surface area contributed by atoms with E-state index in [1.807, 2.05) is 13.8 Å². The molecule has 0 aliphatic heterocycles. The molecular weight excluding hydrogens is 508 g/mol. The highest BCUT2D eigenvalue weighted by Crippen LogP contribution is 2.37. The van der Waals surface area contributed by atoms with E-state index in [-0.39, 0.29) is 29.8 Å². The van der Waals surface area contributed by atoms with Gasteiger partial charge in [-0.2, -0.15) is 5.10 Å². The zero-order valence-electron chi connectivity index (χ0n) is 20.5. The summed E-state index contributed by atoms with van der Waals surface area (Å²) in [5.41, 5.74) is 0.180. The first-order valence-corrected chi connectivity index (χ1v) is 13.1. The fourth-order valence-electron chi connectivity index (χ4n) is 3.50. The summed E-state index contributed by atoms with van der Waals surface area (Å²) in [6, 6.07) is 3.27. The maximum atomic E-state index is 15.6. The Hall–Kier alpha value is -3.81. The lowest BCUT2D eigenvalue weighted by Gasteiger charge is -2.12. The van der Waals surface area contributed by atoms with Crippen molar-refractivity contribution in [2.24, 2.45) is 0 Å². The maximum absolute atomic E-state index is 15.6. The van der Waals surface area contributed by atoms with Crippen LogP contribution in [0.2, 0.25) is 0 Å². The zero-order chi connectivity index (χ0) is 26.7. The second-order valence-corrected chi connectivity index (χ2v) is 10.7. The SMILES string of the molecule is COC(=O)NCCNc1nccc(-c2cn(C(C)C)nc2-c2cc(F)cc(NS(=O)(=O)C3CC3)c2F)n1. The van der Waals surface area contributed by atoms with Crippen LogP contribution < -0.4 is 15.4 Å². The van der Waals surface area contributed by atoms with Crippen LogP contribution in [0.1, 0.15) is 32.7 Å². The summed E-state index contributed by atoms with van der Waals surface area (Å²) in [6.07, 6.45) is 3.53. The number of hydrogen-bond acceptors (Lipinski definition) is 8. The molecule has 0 unspecified atom stereocenters. The van der Waals surface area contributed by atoms with Gasteiger partial charge in [-0.1, -0.05) is 0 Å². The minimum absolute atomic E-state index is 0.0922. The normalized spacial score (nSPS) is 13.5. The van der Waals surface area contributed by atoms with Crippen LogP contribution in [-0.4, -0.2) is 59.7 Å². The Bertz CT molecular complexity index is 1410. The lowest BCUT2D eigenvalue weighted by Crippen LogP contribution is -2.28. The molecule has 4 rings (SSSR count). The molecular formula is C23H27F2N7O4S. The smallest absolute Gasteiger partial charge is 0.406 e. The van der Waals surface area contributed by atoms with E-state index in [2.05, 4.69) is 35.2 Å². The fraction of sp³-hybridized carbons (Fsp3) is 0.391. The number of sulfonamides is 1. The van der Waals surface area contributed by atoms with Gasteiger partial charge in [0.2, 0.25) is 16.0 Å². The molecule has 14 heteroatoms. The number of hydrogen-bond donors (Lipinski definition) is 3. The third kappa shape index (κ3) is 6.13. The van der Waals surface area contributed by atoms with Crippen LogP contribution in [0.3, 0.4) is 0 Å². The van der Waals surface area contributed by atoms with Gasteiger partial charge < -0.3 is 15.4 Å². The predicted molar refractivity (Wildman–Crippen MR) is 133 cm³/mol. The lowest BCUT2D eigenvalue weighted by atomic mass is 10.0. The van der Waals surface area contributed by atoms with E-state index in [4.69, 9.17) is 0 Å². The predicted octanol–water partition coefficient (Wildman–Crippen LogP) is 3.54. The van der Waals surface area contributed by atoms with Crippen LogP contribution in [0.4, 0.5) is 25.2 Å². The van der Waals surface area contributed by atoms with Crippen molar-refractivity contribution in [1.82, 2.24) is 25.1 Å². The van der Waals surface area contributed by atoms with Gasteiger partial charge in [-0.15, -0.1) is 0 Å². The van der Waals surface area contributed by atoms with Crippen molar-refractivity contribution in [3.05, 3.63) is 42.2 Å². The van der Waals surface area contributed by atoms with Crippen molar-refractivity contribution < 1.29 is 26.7 Å². The Morgan fingerprint density at radius 3 is 2.65 bits per heavy atom. The van der Waals surface area contributed by atoms with Crippen LogP contribution in [0.5, 0.6) is 0 Å². The standard InChI is InChI=1S/C23H27F2N7O4S/c1-13(2)32-12-17(18-6-7-26-22(29-18)27-8-9-28-23(33)36-3)21(30-32)16-10-14(24)11-19(20(16)25)31-37(34,35)15-4-5-15/h6-7,10-13,15,31H,4-5,8-9H2,1-3H3,(H,28,33)(H,26,27,29). The molecule has 0 spiro atoms. The van der Waals surface area contributed by atoms with Gasteiger partial charge in [0.05, 0.1) is 23.7 Å². The molecule has 0 radical (unpaired) electrons. The van der Waals surface area contributed by atoms with E-state index in [9.17, 15) is 17.6 Å². The number of carbonyl (C=O) groups excluding carboxylic acids is 1. The number of ether oxygens (including phenoxy) is 1. The van der Waals surface area contributed by atoms with Gasteiger partial charge in [0.1, 0.15) is 11.5 Å². The number of amides is 1. The molecule has 2 heterocycles. The summed E-state index contributed by atoms with van der Waals surface area (Å²) in [5.74, 6) is -1.52. The second kappa shape index (κ2) is 10.7. The number of halogens is 2. The van der Waals surface area contributed by atoms with Crippen LogP contribution in [-0.2, 0) is 14.8 Å². The summed E-state index contributed by atoms with van der Waals surface area (Å²) < 4.78 is 63.2. The number of aromatic nitrogens is 4. The van der Waals surface area contributed by atoms with Crippen molar-refractivity contribution in [3.8, 4) is 22.5 Å². The molecule has 3 N–H and O–H groups in total. The lowest BCUT2D eigenvalue weighted by molar-refractivity contribution is 0.171. The number of alkyl carbamates (subject to hydrolysis) is 1. The Labute approximate surface area is 212 Å². The van der Waals surface area contributed by atoms with E-state index >= 15 is 4.39 Å². The number of anilines is 2. The molecule has 1 aliphatic carbocycles. The quantitative estimate of drug-likeness (QED) is 0.335. The highest BCUT2D eigenvalue weighted by atomic mass is 32.2. The molecule has 3 aromatic rings. The van der Waals surface area contributed by atoms with Crippen LogP contribution in [0, 0.1) is 11.6 Å². The van der Waals surface area contributed by atoms with Crippen LogP contribution in [0.15, 0.2) is 30.6 Å². The minimum atomic E-state index is -3.82. The van der Waals surface area contributed by atoms with Crippen molar-refractivity contribution in [2.75, 3.05) is 30.2 Å². The fourth-order valence-corrected chi connectivity index (χ4v) is 4.88. The number of nitrogens with zero attached hydrogens (tertiary/aromatic N) is 4. The van der Waals surface area contributed by atoms with Crippen molar-refractivity contribution in [1.29, 1.82) is 0 Å². The summed E-state index contributed by atoms with van der Waals surface area (Å²) in [4.78, 5) is 19.8. The number of nitrogens with one attached hydrogen (secondary N) is 3. The Kier molecular flexibility index (Phi) is 7.57. The van der Waals surface area contributed by atoms with E-state index in [0.29, 0.717) is 30.6 Å². The third-order valence-corrected chi connectivity index (χ3v) is 7.42. The number of methoxy groups -OCH3 is 1. The van der Waals surface area contributed by atoms with Gasteiger partial charge in [-0.25, -0.2) is 32.0 Å². The van der Waals surface area contributed by atoms with E-state index in [1.165, 1.54) is 13.3 Å². The molecule has 0 bridgehead atoms. The topological polar surface area (TPSA) is 140 Å². The molecule has 0 saturated heterocycles. The van der Waals surface area contributed by atoms with Crippen LogP contribution >= 0.6 is 0 Å². The maximum Gasteiger partial charge on any atom is 0.406 e. The Morgan fingerprint density at radius 1 is 1.22 bits per heavy atom. The minimum Gasteiger partial charge on any atom is -0.453 e. The zero-order valence-corrected chi connectivity index (χ0v) is 21.3. The molecule has 11 nitrogen and oxygen atoms in total. The Balaban J connectivity index is 1.69. The Morgan fingerprint density at radius 2 is 1.97 bits per heavy atom. The van der Waals surface area contributed by atoms with Gasteiger partial charge in [0, 0.05) is 48.7 Å². The molecule has 1 fully saturated rings. The molecule has 198 valence electrons. The summed E-state index contributed by atoms with van der Waals surface area (Å²) in [7, 11) is -2.56. The van der Waals surface area contributed by atoms with E-state index in [0.717, 1.165) is 12.1 Å². The highest BCUT2D eigenvalue weighted by molar-refractivity contribution is 7.93. The average molecular weight is 536 g/mol. The molecule has 1 aliphatic rings. The number of rotatable bonds is 10. The first-order valence-electron chi connectivity index (χ1n) is 11.6. The van der Waals surface area contributed by atoms with Gasteiger partial charge in [0.15, 0.2) is 5.82 Å².